The van der Waals surface area contributed by atoms with Crippen molar-refractivity contribution in [2.75, 3.05) is 20.4 Å². The molecule has 0 aliphatic heterocycles. The summed E-state index contributed by atoms with van der Waals surface area (Å²) in [5, 5.41) is 0. The maximum atomic E-state index is 12.4. The number of hydrogen-bond acceptors (Lipinski definition) is 4. The van der Waals surface area contributed by atoms with Gasteiger partial charge in [0.25, 0.3) is 0 Å². The number of hydrogen-bond donors (Lipinski definition) is 0. The summed E-state index contributed by atoms with van der Waals surface area (Å²) in [7, 11) is 0.649. The lowest BCUT2D eigenvalue weighted by molar-refractivity contribution is -0.118. The van der Waals surface area contributed by atoms with Gasteiger partial charge in [0.05, 0.1) is 10.9 Å². The van der Waals surface area contributed by atoms with E-state index in [0.29, 0.717) is 4.90 Å². The number of likely N-dealkylation sites (N-methyl/N-ethyl adjacent to an activating group) is 1. The predicted molar refractivity (Wildman–Crippen MR) is 91.0 cm³/mol. The van der Waals surface area contributed by atoms with Crippen molar-refractivity contribution in [1.29, 1.82) is 0 Å². The van der Waals surface area contributed by atoms with Gasteiger partial charge in [-0.25, -0.2) is 8.42 Å². The van der Waals surface area contributed by atoms with Crippen LogP contribution in [0.1, 0.15) is 18.9 Å². The summed E-state index contributed by atoms with van der Waals surface area (Å²) in [4.78, 5) is 14.6. The van der Waals surface area contributed by atoms with Crippen molar-refractivity contribution in [3.05, 3.63) is 35.4 Å². The highest BCUT2D eigenvalue weighted by atomic mass is 35.5. The molecule has 1 saturated carbocycles. The van der Waals surface area contributed by atoms with Gasteiger partial charge in [-0.3, -0.25) is 9.69 Å². The Morgan fingerprint density at radius 3 is 2.14 bits per heavy atom. The highest BCUT2D eigenvalue weighted by Crippen LogP contribution is 2.31. The summed E-state index contributed by atoms with van der Waals surface area (Å²) >= 11 is 0. The molecule has 0 bridgehead atoms. The second kappa shape index (κ2) is 6.94. The molecule has 22 heavy (non-hydrogen) atoms. The van der Waals surface area contributed by atoms with Crippen LogP contribution in [0.4, 0.5) is 0 Å². The zero-order valence-electron chi connectivity index (χ0n) is 13.2. The lowest BCUT2D eigenvalue weighted by Crippen LogP contribution is -2.31. The number of rotatable bonds is 3. The molecule has 0 amide bonds. The van der Waals surface area contributed by atoms with Gasteiger partial charge in [0.15, 0.2) is 15.6 Å². The van der Waals surface area contributed by atoms with Crippen molar-refractivity contribution in [1.82, 2.24) is 4.90 Å². The molecular formula is C16H22ClNO3S. The van der Waals surface area contributed by atoms with E-state index in [4.69, 9.17) is 0 Å². The quantitative estimate of drug-likeness (QED) is 0.791. The number of Topliss-reactive ketones (excluding diaryl/α,β-unsaturated/α-hetero) is 1. The van der Waals surface area contributed by atoms with Crippen LogP contribution in [0.3, 0.4) is 0 Å². The van der Waals surface area contributed by atoms with E-state index in [1.807, 2.05) is 25.1 Å². The van der Waals surface area contributed by atoms with Gasteiger partial charge in [-0.1, -0.05) is 19.1 Å². The molecule has 1 aliphatic carbocycles. The van der Waals surface area contributed by atoms with Crippen molar-refractivity contribution in [3.63, 3.8) is 0 Å². The second-order valence-corrected chi connectivity index (χ2v) is 7.94. The van der Waals surface area contributed by atoms with Crippen LogP contribution in [0.25, 0.3) is 6.08 Å². The lowest BCUT2D eigenvalue weighted by atomic mass is 10.0. The van der Waals surface area contributed by atoms with Crippen LogP contribution in [0.5, 0.6) is 0 Å². The lowest BCUT2D eigenvalue weighted by Gasteiger charge is -2.16. The minimum absolute atomic E-state index is 0. The summed E-state index contributed by atoms with van der Waals surface area (Å²) in [6, 6.07) is 6.59. The average Bonchev–Trinajstić information content (AvgIpc) is 2.66. The molecule has 4 nitrogen and oxygen atoms in total. The maximum absolute atomic E-state index is 12.4. The molecule has 0 aromatic heterocycles. The third kappa shape index (κ3) is 3.97. The standard InChI is InChI=1S/C16H21NO3S.ClH/c1-11-9-15(17(2)3)16(18)14(11)10-12-5-7-13(8-6-12)21(4,19)20;/h5-8,10-11,15H,9H2,1-4H3;1H. The fraction of sp³-hybridized carbons (Fsp3) is 0.438. The molecule has 1 fully saturated rings. The Balaban J connectivity index is 0.00000242. The van der Waals surface area contributed by atoms with E-state index in [-0.39, 0.29) is 30.2 Å². The molecule has 1 aromatic carbocycles. The molecule has 2 atom stereocenters. The number of sulfone groups is 1. The molecule has 2 unspecified atom stereocenters. The molecule has 0 N–H and O–H groups in total. The summed E-state index contributed by atoms with van der Waals surface area (Å²) < 4.78 is 22.9. The number of halogens is 1. The fourth-order valence-electron chi connectivity index (χ4n) is 2.65. The van der Waals surface area contributed by atoms with Gasteiger partial charge in [0.1, 0.15) is 0 Å². The Morgan fingerprint density at radius 2 is 1.73 bits per heavy atom. The van der Waals surface area contributed by atoms with E-state index in [2.05, 4.69) is 6.92 Å². The van der Waals surface area contributed by atoms with Crippen molar-refractivity contribution >= 4 is 34.1 Å². The normalized spacial score (nSPS) is 23.9. The van der Waals surface area contributed by atoms with E-state index >= 15 is 0 Å². The second-order valence-electron chi connectivity index (χ2n) is 5.92. The summed E-state index contributed by atoms with van der Waals surface area (Å²) in [6.45, 7) is 2.05. The Labute approximate surface area is 138 Å². The van der Waals surface area contributed by atoms with Crippen molar-refractivity contribution in [3.8, 4) is 0 Å². The van der Waals surface area contributed by atoms with Gasteiger partial charge < -0.3 is 0 Å². The van der Waals surface area contributed by atoms with Crippen LogP contribution >= 0.6 is 12.4 Å². The van der Waals surface area contributed by atoms with E-state index < -0.39 is 9.84 Å². The zero-order valence-corrected chi connectivity index (χ0v) is 14.9. The van der Waals surface area contributed by atoms with Gasteiger partial charge in [-0.15, -0.1) is 12.4 Å². The van der Waals surface area contributed by atoms with E-state index in [9.17, 15) is 13.2 Å². The first kappa shape index (κ1) is 18.9. The smallest absolute Gasteiger partial charge is 0.176 e. The predicted octanol–water partition coefficient (Wildman–Crippen LogP) is 2.43. The monoisotopic (exact) mass is 343 g/mol. The fourth-order valence-corrected chi connectivity index (χ4v) is 3.28. The van der Waals surface area contributed by atoms with Crippen molar-refractivity contribution in [2.45, 2.75) is 24.3 Å². The molecular weight excluding hydrogens is 322 g/mol. The Bertz CT molecular complexity index is 678. The zero-order chi connectivity index (χ0) is 15.8. The minimum atomic E-state index is -3.18. The van der Waals surface area contributed by atoms with Gasteiger partial charge in [0, 0.05) is 11.8 Å². The summed E-state index contributed by atoms with van der Waals surface area (Å²) in [5.41, 5.74) is 1.68. The molecule has 122 valence electrons. The van der Waals surface area contributed by atoms with Crippen molar-refractivity contribution < 1.29 is 13.2 Å². The van der Waals surface area contributed by atoms with Crippen LogP contribution < -0.4 is 0 Å². The molecule has 0 radical (unpaired) electrons. The molecule has 1 aromatic rings. The van der Waals surface area contributed by atoms with Crippen LogP contribution in [0.2, 0.25) is 0 Å². The number of carbonyl (C=O) groups excluding carboxylic acids is 1. The summed E-state index contributed by atoms with van der Waals surface area (Å²) in [5.74, 6) is 0.388. The SMILES string of the molecule is CC1CC(N(C)C)C(=O)C1=Cc1ccc(S(C)(=O)=O)cc1.Cl. The van der Waals surface area contributed by atoms with Crippen LogP contribution in [-0.2, 0) is 14.6 Å². The van der Waals surface area contributed by atoms with Gasteiger partial charge in [0.2, 0.25) is 0 Å². The average molecular weight is 344 g/mol. The number of carbonyl (C=O) groups is 1. The third-order valence-corrected chi connectivity index (χ3v) is 5.08. The number of benzene rings is 1. The highest BCUT2D eigenvalue weighted by Gasteiger charge is 2.35. The summed E-state index contributed by atoms with van der Waals surface area (Å²) in [6.07, 6.45) is 3.90. The first-order chi connectivity index (χ1) is 9.70. The van der Waals surface area contributed by atoms with Gasteiger partial charge in [-0.2, -0.15) is 0 Å². The van der Waals surface area contributed by atoms with Crippen LogP contribution in [-0.4, -0.2) is 45.5 Å². The van der Waals surface area contributed by atoms with E-state index in [0.717, 1.165) is 17.6 Å². The molecule has 0 heterocycles. The molecule has 0 saturated heterocycles. The Morgan fingerprint density at radius 1 is 1.18 bits per heavy atom. The first-order valence-corrected chi connectivity index (χ1v) is 8.81. The van der Waals surface area contributed by atoms with Crippen LogP contribution in [0, 0.1) is 5.92 Å². The topological polar surface area (TPSA) is 54.5 Å². The molecule has 6 heteroatoms. The van der Waals surface area contributed by atoms with Gasteiger partial charge in [-0.05, 0) is 50.2 Å². The largest absolute Gasteiger partial charge is 0.299 e. The highest BCUT2D eigenvalue weighted by molar-refractivity contribution is 7.90. The molecule has 1 aliphatic rings. The maximum Gasteiger partial charge on any atom is 0.176 e. The third-order valence-electron chi connectivity index (χ3n) is 3.95. The Hall–Kier alpha value is -1.17. The van der Waals surface area contributed by atoms with Gasteiger partial charge >= 0.3 is 0 Å². The number of nitrogens with zero attached hydrogens (tertiary/aromatic N) is 1. The number of ketones is 1. The van der Waals surface area contributed by atoms with E-state index in [1.165, 1.54) is 6.26 Å². The first-order valence-electron chi connectivity index (χ1n) is 6.92. The molecule has 2 rings (SSSR count). The Kier molecular flexibility index (Phi) is 5.96. The van der Waals surface area contributed by atoms with Crippen LogP contribution in [0.15, 0.2) is 34.7 Å². The minimum Gasteiger partial charge on any atom is -0.299 e. The van der Waals surface area contributed by atoms with E-state index in [1.54, 1.807) is 24.3 Å². The molecule has 0 spiro atoms. The van der Waals surface area contributed by atoms with Crippen molar-refractivity contribution in [2.24, 2.45) is 5.92 Å².